The Morgan fingerprint density at radius 1 is 1.12 bits per heavy atom. The zero-order chi connectivity index (χ0) is 22.5. The van der Waals surface area contributed by atoms with Gasteiger partial charge in [0.15, 0.2) is 4.77 Å². The number of nitrogens with one attached hydrogen (secondary N) is 2. The van der Waals surface area contributed by atoms with Crippen LogP contribution in [0.2, 0.25) is 0 Å². The van der Waals surface area contributed by atoms with E-state index < -0.39 is 0 Å². The molecule has 0 amide bonds. The molecule has 4 aromatic rings. The van der Waals surface area contributed by atoms with Crippen LogP contribution >= 0.6 is 12.2 Å². The van der Waals surface area contributed by atoms with Gasteiger partial charge in [0.05, 0.1) is 16.6 Å². The molecule has 0 saturated heterocycles. The Bertz CT molecular complexity index is 1260. The van der Waals surface area contributed by atoms with E-state index >= 15 is 0 Å². The number of aryl methyl sites for hydroxylation is 1. The van der Waals surface area contributed by atoms with Crippen molar-refractivity contribution >= 4 is 40.0 Å². The molecule has 2 aromatic heterocycles. The number of likely N-dealkylation sites (N-methyl/N-ethyl adjacent to an activating group) is 1. The highest BCUT2D eigenvalue weighted by atomic mass is 32.1. The van der Waals surface area contributed by atoms with Gasteiger partial charge in [0.1, 0.15) is 24.5 Å². The van der Waals surface area contributed by atoms with Gasteiger partial charge in [-0.1, -0.05) is 26.0 Å². The molecule has 2 heterocycles. The van der Waals surface area contributed by atoms with E-state index in [2.05, 4.69) is 74.8 Å². The SMILES string of the molecule is CCN(CC)CCOc1cccc(CNc2ncnc3cc4c(cc23)[nH]c(=S)n4CC)c1. The maximum Gasteiger partial charge on any atom is 0.178 e. The van der Waals surface area contributed by atoms with E-state index in [0.717, 1.165) is 70.0 Å². The molecule has 0 radical (unpaired) electrons. The van der Waals surface area contributed by atoms with Crippen LogP contribution in [0.1, 0.15) is 26.3 Å². The van der Waals surface area contributed by atoms with Crippen LogP contribution in [0.3, 0.4) is 0 Å². The number of imidazole rings is 1. The maximum atomic E-state index is 5.96. The van der Waals surface area contributed by atoms with Crippen molar-refractivity contribution in [3.05, 3.63) is 53.1 Å². The lowest BCUT2D eigenvalue weighted by Gasteiger charge is -2.18. The quantitative estimate of drug-likeness (QED) is 0.332. The summed E-state index contributed by atoms with van der Waals surface area (Å²) < 4.78 is 8.76. The number of anilines is 1. The molecule has 0 atom stereocenters. The molecule has 2 aromatic carbocycles. The number of aromatic amines is 1. The van der Waals surface area contributed by atoms with Crippen molar-refractivity contribution in [3.8, 4) is 5.75 Å². The Balaban J connectivity index is 1.49. The van der Waals surface area contributed by atoms with Gasteiger partial charge in [0.25, 0.3) is 0 Å². The fourth-order valence-corrected chi connectivity index (χ4v) is 4.26. The summed E-state index contributed by atoms with van der Waals surface area (Å²) in [5.41, 5.74) is 4.07. The fraction of sp³-hybridized carbons (Fsp3) is 0.375. The molecule has 0 aliphatic rings. The lowest BCUT2D eigenvalue weighted by molar-refractivity contribution is 0.222. The van der Waals surface area contributed by atoms with Gasteiger partial charge < -0.3 is 24.5 Å². The molecule has 168 valence electrons. The number of rotatable bonds is 10. The van der Waals surface area contributed by atoms with Gasteiger partial charge in [-0.25, -0.2) is 9.97 Å². The summed E-state index contributed by atoms with van der Waals surface area (Å²) in [7, 11) is 0. The molecule has 0 unspecified atom stereocenters. The summed E-state index contributed by atoms with van der Waals surface area (Å²) in [6, 6.07) is 12.3. The average molecular weight is 451 g/mol. The van der Waals surface area contributed by atoms with Crippen LogP contribution in [0.25, 0.3) is 21.9 Å². The summed E-state index contributed by atoms with van der Waals surface area (Å²) in [5, 5.41) is 4.43. The minimum absolute atomic E-state index is 0.642. The van der Waals surface area contributed by atoms with Crippen molar-refractivity contribution < 1.29 is 4.74 Å². The number of ether oxygens (including phenoxy) is 1. The minimum Gasteiger partial charge on any atom is -0.492 e. The molecular formula is C24H30N6OS. The number of hydrogen-bond acceptors (Lipinski definition) is 6. The number of fused-ring (bicyclic) bond motifs is 2. The molecule has 0 spiro atoms. The van der Waals surface area contributed by atoms with Crippen LogP contribution in [-0.4, -0.2) is 50.7 Å². The third kappa shape index (κ3) is 4.76. The van der Waals surface area contributed by atoms with Crippen LogP contribution in [-0.2, 0) is 13.1 Å². The van der Waals surface area contributed by atoms with E-state index in [9.17, 15) is 0 Å². The second kappa shape index (κ2) is 10.1. The molecule has 0 aliphatic carbocycles. The van der Waals surface area contributed by atoms with Crippen molar-refractivity contribution in [2.24, 2.45) is 0 Å². The summed E-state index contributed by atoms with van der Waals surface area (Å²) >= 11 is 5.45. The van der Waals surface area contributed by atoms with E-state index in [4.69, 9.17) is 17.0 Å². The molecule has 0 bridgehead atoms. The Morgan fingerprint density at radius 2 is 1.97 bits per heavy atom. The molecular weight excluding hydrogens is 420 g/mol. The van der Waals surface area contributed by atoms with E-state index in [-0.39, 0.29) is 0 Å². The molecule has 4 rings (SSSR count). The van der Waals surface area contributed by atoms with Crippen LogP contribution in [0.4, 0.5) is 5.82 Å². The highest BCUT2D eigenvalue weighted by molar-refractivity contribution is 7.71. The second-order valence-electron chi connectivity index (χ2n) is 7.66. The van der Waals surface area contributed by atoms with Gasteiger partial charge in [-0.2, -0.15) is 0 Å². The number of H-pyrrole nitrogens is 1. The minimum atomic E-state index is 0.642. The van der Waals surface area contributed by atoms with Crippen molar-refractivity contribution in [2.75, 3.05) is 31.6 Å². The van der Waals surface area contributed by atoms with Gasteiger partial charge in [-0.15, -0.1) is 0 Å². The number of aromatic nitrogens is 4. The molecule has 7 nitrogen and oxygen atoms in total. The van der Waals surface area contributed by atoms with Crippen molar-refractivity contribution in [3.63, 3.8) is 0 Å². The lowest BCUT2D eigenvalue weighted by Crippen LogP contribution is -2.27. The molecule has 0 fully saturated rings. The van der Waals surface area contributed by atoms with Gasteiger partial charge in [0, 0.05) is 25.0 Å². The first-order chi connectivity index (χ1) is 15.6. The van der Waals surface area contributed by atoms with Crippen LogP contribution in [0, 0.1) is 4.77 Å². The van der Waals surface area contributed by atoms with E-state index in [1.54, 1.807) is 6.33 Å². The van der Waals surface area contributed by atoms with Gasteiger partial charge in [-0.3, -0.25) is 0 Å². The first-order valence-corrected chi connectivity index (χ1v) is 11.6. The monoisotopic (exact) mass is 450 g/mol. The summed E-state index contributed by atoms with van der Waals surface area (Å²) in [4.78, 5) is 14.6. The largest absolute Gasteiger partial charge is 0.492 e. The van der Waals surface area contributed by atoms with Gasteiger partial charge >= 0.3 is 0 Å². The lowest BCUT2D eigenvalue weighted by atomic mass is 10.2. The first kappa shape index (κ1) is 22.2. The number of benzene rings is 2. The normalized spacial score (nSPS) is 11.5. The van der Waals surface area contributed by atoms with E-state index in [1.807, 2.05) is 12.1 Å². The number of hydrogen-bond donors (Lipinski definition) is 2. The second-order valence-corrected chi connectivity index (χ2v) is 8.05. The van der Waals surface area contributed by atoms with Crippen LogP contribution < -0.4 is 10.1 Å². The van der Waals surface area contributed by atoms with Crippen LogP contribution in [0.15, 0.2) is 42.7 Å². The van der Waals surface area contributed by atoms with Gasteiger partial charge in [-0.05, 0) is 62.1 Å². The predicted molar refractivity (Wildman–Crippen MR) is 133 cm³/mol. The predicted octanol–water partition coefficient (Wildman–Crippen LogP) is 4.99. The van der Waals surface area contributed by atoms with Crippen LogP contribution in [0.5, 0.6) is 5.75 Å². The van der Waals surface area contributed by atoms with Crippen molar-refractivity contribution in [1.82, 2.24) is 24.4 Å². The van der Waals surface area contributed by atoms with Crippen molar-refractivity contribution in [1.29, 1.82) is 0 Å². The third-order valence-electron chi connectivity index (χ3n) is 5.78. The van der Waals surface area contributed by atoms with Gasteiger partial charge in [0.2, 0.25) is 0 Å². The molecule has 0 saturated carbocycles. The Kier molecular flexibility index (Phi) is 7.02. The Labute approximate surface area is 193 Å². The maximum absolute atomic E-state index is 5.96. The standard InChI is InChI=1S/C24H30N6OS/c1-4-29(5-2)10-11-31-18-9-7-8-17(12-18)15-25-23-19-13-21-22(14-20(19)26-16-27-23)30(6-3)24(32)28-21/h7-9,12-14,16H,4-6,10-11,15H2,1-3H3,(H,28,32)(H,25,26,27). The summed E-state index contributed by atoms with van der Waals surface area (Å²) in [6.07, 6.45) is 1.60. The fourth-order valence-electron chi connectivity index (χ4n) is 3.93. The Morgan fingerprint density at radius 3 is 2.75 bits per heavy atom. The molecule has 2 N–H and O–H groups in total. The molecule has 0 aliphatic heterocycles. The summed E-state index contributed by atoms with van der Waals surface area (Å²) in [5.74, 6) is 1.69. The average Bonchev–Trinajstić information content (AvgIpc) is 3.13. The number of nitrogens with zero attached hydrogens (tertiary/aromatic N) is 4. The third-order valence-corrected chi connectivity index (χ3v) is 6.10. The van der Waals surface area contributed by atoms with Crippen molar-refractivity contribution in [2.45, 2.75) is 33.9 Å². The summed E-state index contributed by atoms with van der Waals surface area (Å²) in [6.45, 7) is 11.6. The smallest absolute Gasteiger partial charge is 0.178 e. The highest BCUT2D eigenvalue weighted by Gasteiger charge is 2.10. The molecule has 32 heavy (non-hydrogen) atoms. The highest BCUT2D eigenvalue weighted by Crippen LogP contribution is 2.26. The topological polar surface area (TPSA) is 71.0 Å². The zero-order valence-corrected chi connectivity index (χ0v) is 19.7. The first-order valence-electron chi connectivity index (χ1n) is 11.2. The molecule has 8 heteroatoms. The van der Waals surface area contributed by atoms with E-state index in [0.29, 0.717) is 13.2 Å². The zero-order valence-electron chi connectivity index (χ0n) is 18.9. The Hall–Kier alpha value is -2.97. The van der Waals surface area contributed by atoms with E-state index in [1.165, 1.54) is 0 Å².